The van der Waals surface area contributed by atoms with Gasteiger partial charge in [0.15, 0.2) is 0 Å². The van der Waals surface area contributed by atoms with Crippen LogP contribution in [0.2, 0.25) is 5.02 Å². The standard InChI is InChI=1S/C20H19ClF3NO4/c1-28-18(26)10-17(14-6-8-16(21)9-7-14)25-19(27)15-4-2-13(3-5-15)11-29-12-20(22,23)24/h2-9,17H,10-12H2,1H3,(H,25,27). The zero-order valence-electron chi connectivity index (χ0n) is 15.5. The summed E-state index contributed by atoms with van der Waals surface area (Å²) in [5, 5.41) is 3.27. The van der Waals surface area contributed by atoms with Gasteiger partial charge in [0.2, 0.25) is 0 Å². The van der Waals surface area contributed by atoms with Crippen LogP contribution >= 0.6 is 11.6 Å². The second kappa shape index (κ2) is 10.3. The highest BCUT2D eigenvalue weighted by molar-refractivity contribution is 6.30. The first-order valence-electron chi connectivity index (χ1n) is 8.54. The summed E-state index contributed by atoms with van der Waals surface area (Å²) in [6, 6.07) is 12.0. The zero-order valence-corrected chi connectivity index (χ0v) is 16.2. The van der Waals surface area contributed by atoms with Gasteiger partial charge >= 0.3 is 12.1 Å². The zero-order chi connectivity index (χ0) is 21.4. The molecule has 0 aromatic heterocycles. The monoisotopic (exact) mass is 429 g/mol. The molecule has 9 heteroatoms. The number of rotatable bonds is 8. The lowest BCUT2D eigenvalue weighted by Gasteiger charge is -2.18. The van der Waals surface area contributed by atoms with Crippen LogP contribution in [0.15, 0.2) is 48.5 Å². The van der Waals surface area contributed by atoms with Gasteiger partial charge in [0.1, 0.15) is 6.61 Å². The maximum Gasteiger partial charge on any atom is 0.411 e. The van der Waals surface area contributed by atoms with E-state index in [1.807, 2.05) is 0 Å². The Balaban J connectivity index is 2.04. The third-order valence-corrected chi connectivity index (χ3v) is 4.18. The Morgan fingerprint density at radius 3 is 2.24 bits per heavy atom. The van der Waals surface area contributed by atoms with Gasteiger partial charge in [-0.15, -0.1) is 0 Å². The summed E-state index contributed by atoms with van der Waals surface area (Å²) in [6.45, 7) is -1.57. The molecule has 1 amide bonds. The fourth-order valence-corrected chi connectivity index (χ4v) is 2.60. The van der Waals surface area contributed by atoms with E-state index in [0.29, 0.717) is 16.1 Å². The van der Waals surface area contributed by atoms with E-state index in [1.54, 1.807) is 24.3 Å². The lowest BCUT2D eigenvalue weighted by molar-refractivity contribution is -0.176. The highest BCUT2D eigenvalue weighted by atomic mass is 35.5. The minimum absolute atomic E-state index is 0.0762. The van der Waals surface area contributed by atoms with Gasteiger partial charge in [-0.3, -0.25) is 9.59 Å². The number of amides is 1. The van der Waals surface area contributed by atoms with Gasteiger partial charge < -0.3 is 14.8 Å². The van der Waals surface area contributed by atoms with E-state index in [-0.39, 0.29) is 18.6 Å². The molecule has 1 atom stereocenters. The van der Waals surface area contributed by atoms with Crippen LogP contribution in [-0.4, -0.2) is 31.8 Å². The van der Waals surface area contributed by atoms with E-state index >= 15 is 0 Å². The summed E-state index contributed by atoms with van der Waals surface area (Å²) >= 11 is 5.88. The molecule has 0 radical (unpaired) electrons. The number of nitrogens with one attached hydrogen (secondary N) is 1. The number of halogens is 4. The molecular weight excluding hydrogens is 411 g/mol. The van der Waals surface area contributed by atoms with Gasteiger partial charge in [0.05, 0.1) is 26.2 Å². The predicted octanol–water partition coefficient (Wildman–Crippen LogP) is 4.45. The Hall–Kier alpha value is -2.58. The Labute approximate surface area is 170 Å². The lowest BCUT2D eigenvalue weighted by atomic mass is 10.0. The summed E-state index contributed by atoms with van der Waals surface area (Å²) in [4.78, 5) is 24.3. The summed E-state index contributed by atoms with van der Waals surface area (Å²) in [5.41, 5.74) is 1.45. The number of esters is 1. The van der Waals surface area contributed by atoms with Crippen molar-refractivity contribution in [3.05, 3.63) is 70.2 Å². The molecular formula is C20H19ClF3NO4. The molecule has 156 valence electrons. The topological polar surface area (TPSA) is 64.6 Å². The third-order valence-electron chi connectivity index (χ3n) is 3.93. The maximum atomic E-state index is 12.6. The SMILES string of the molecule is COC(=O)CC(NC(=O)c1ccc(COCC(F)(F)F)cc1)c1ccc(Cl)cc1. The van der Waals surface area contributed by atoms with Gasteiger partial charge in [0, 0.05) is 10.6 Å². The van der Waals surface area contributed by atoms with Gasteiger partial charge in [0.25, 0.3) is 5.91 Å². The molecule has 29 heavy (non-hydrogen) atoms. The fourth-order valence-electron chi connectivity index (χ4n) is 2.48. The molecule has 0 fully saturated rings. The van der Waals surface area contributed by atoms with Crippen LogP contribution in [0.25, 0.3) is 0 Å². The normalized spacial score (nSPS) is 12.3. The number of carbonyl (C=O) groups is 2. The molecule has 0 saturated carbocycles. The fraction of sp³-hybridized carbons (Fsp3) is 0.300. The predicted molar refractivity (Wildman–Crippen MR) is 100 cm³/mol. The lowest BCUT2D eigenvalue weighted by Crippen LogP contribution is -2.30. The van der Waals surface area contributed by atoms with E-state index in [1.165, 1.54) is 31.4 Å². The number of hydrogen-bond acceptors (Lipinski definition) is 4. The first kappa shape index (κ1) is 22.7. The van der Waals surface area contributed by atoms with Gasteiger partial charge in [-0.05, 0) is 35.4 Å². The quantitative estimate of drug-likeness (QED) is 0.629. The molecule has 0 aliphatic heterocycles. The smallest absolute Gasteiger partial charge is 0.411 e. The molecule has 2 aromatic carbocycles. The first-order chi connectivity index (χ1) is 13.7. The molecule has 0 bridgehead atoms. The molecule has 1 unspecified atom stereocenters. The van der Waals surface area contributed by atoms with Crippen LogP contribution in [0.5, 0.6) is 0 Å². The Morgan fingerprint density at radius 2 is 1.69 bits per heavy atom. The number of benzene rings is 2. The second-order valence-corrected chi connectivity index (χ2v) is 6.60. The van der Waals surface area contributed by atoms with Crippen molar-refractivity contribution < 1.29 is 32.2 Å². The molecule has 0 heterocycles. The average molecular weight is 430 g/mol. The summed E-state index contributed by atoms with van der Waals surface area (Å²) in [6.07, 6.45) is -4.47. The van der Waals surface area contributed by atoms with E-state index < -0.39 is 30.7 Å². The van der Waals surface area contributed by atoms with Crippen LogP contribution in [0, 0.1) is 0 Å². The number of alkyl halides is 3. The summed E-state index contributed by atoms with van der Waals surface area (Å²) in [7, 11) is 1.25. The van der Waals surface area contributed by atoms with Crippen molar-refractivity contribution >= 4 is 23.5 Å². The minimum Gasteiger partial charge on any atom is -0.469 e. The number of hydrogen-bond donors (Lipinski definition) is 1. The third kappa shape index (κ3) is 7.75. The molecule has 0 aliphatic carbocycles. The van der Waals surface area contributed by atoms with E-state index in [2.05, 4.69) is 14.8 Å². The first-order valence-corrected chi connectivity index (χ1v) is 8.92. The molecule has 2 rings (SSSR count). The van der Waals surface area contributed by atoms with Crippen molar-refractivity contribution in [3.63, 3.8) is 0 Å². The molecule has 0 saturated heterocycles. The van der Waals surface area contributed by atoms with E-state index in [4.69, 9.17) is 11.6 Å². The number of ether oxygens (including phenoxy) is 2. The Bertz CT molecular complexity index is 823. The van der Waals surface area contributed by atoms with Crippen molar-refractivity contribution in [1.29, 1.82) is 0 Å². The molecule has 0 aliphatic rings. The molecule has 2 aromatic rings. The maximum absolute atomic E-state index is 12.6. The van der Waals surface area contributed by atoms with Crippen LogP contribution < -0.4 is 5.32 Å². The van der Waals surface area contributed by atoms with Crippen molar-refractivity contribution in [1.82, 2.24) is 5.32 Å². The van der Waals surface area contributed by atoms with Crippen molar-refractivity contribution in [2.75, 3.05) is 13.7 Å². The van der Waals surface area contributed by atoms with Gasteiger partial charge in [-0.1, -0.05) is 35.9 Å². The van der Waals surface area contributed by atoms with Gasteiger partial charge in [-0.25, -0.2) is 0 Å². The van der Waals surface area contributed by atoms with Crippen LogP contribution in [0.1, 0.15) is 33.9 Å². The average Bonchev–Trinajstić information content (AvgIpc) is 2.67. The number of methoxy groups -OCH3 is 1. The van der Waals surface area contributed by atoms with Crippen LogP contribution in [0.3, 0.4) is 0 Å². The van der Waals surface area contributed by atoms with Crippen molar-refractivity contribution in [3.8, 4) is 0 Å². The summed E-state index contributed by atoms with van der Waals surface area (Å²) in [5.74, 6) is -0.945. The molecule has 5 nitrogen and oxygen atoms in total. The highest BCUT2D eigenvalue weighted by Crippen LogP contribution is 2.21. The highest BCUT2D eigenvalue weighted by Gasteiger charge is 2.27. The number of carbonyl (C=O) groups excluding carboxylic acids is 2. The largest absolute Gasteiger partial charge is 0.469 e. The van der Waals surface area contributed by atoms with Crippen molar-refractivity contribution in [2.45, 2.75) is 25.2 Å². The Morgan fingerprint density at radius 1 is 1.07 bits per heavy atom. The minimum atomic E-state index is -4.39. The molecule has 1 N–H and O–H groups in total. The van der Waals surface area contributed by atoms with E-state index in [0.717, 1.165) is 0 Å². The van der Waals surface area contributed by atoms with E-state index in [9.17, 15) is 22.8 Å². The second-order valence-electron chi connectivity index (χ2n) is 6.16. The van der Waals surface area contributed by atoms with Crippen LogP contribution in [-0.2, 0) is 20.9 Å². The van der Waals surface area contributed by atoms with Crippen LogP contribution in [0.4, 0.5) is 13.2 Å². The van der Waals surface area contributed by atoms with Gasteiger partial charge in [-0.2, -0.15) is 13.2 Å². The Kier molecular flexibility index (Phi) is 8.04. The van der Waals surface area contributed by atoms with Crippen molar-refractivity contribution in [2.24, 2.45) is 0 Å². The molecule has 0 spiro atoms. The summed E-state index contributed by atoms with van der Waals surface area (Å²) < 4.78 is 45.6.